The van der Waals surface area contributed by atoms with Gasteiger partial charge in [0.1, 0.15) is 18.1 Å². The Balaban J connectivity index is 1.14. The molecular weight excluding hydrogens is 492 g/mol. The fourth-order valence-electron chi connectivity index (χ4n) is 5.81. The normalized spacial score (nSPS) is 22.6. The Morgan fingerprint density at radius 2 is 1.82 bits per heavy atom. The molecule has 3 aliphatic rings. The van der Waals surface area contributed by atoms with E-state index in [4.69, 9.17) is 9.47 Å². The fourth-order valence-corrected chi connectivity index (χ4v) is 5.81. The second-order valence-corrected chi connectivity index (χ2v) is 10.8. The molecule has 0 bridgehead atoms. The zero-order chi connectivity index (χ0) is 27.0. The number of methoxy groups -OCH3 is 1. The Morgan fingerprint density at radius 3 is 2.50 bits per heavy atom. The molecule has 2 aromatic carbocycles. The van der Waals surface area contributed by atoms with Crippen LogP contribution in [0.4, 0.5) is 14.5 Å². The largest absolute Gasteiger partial charge is 0.496 e. The number of amides is 2. The number of fused-ring (bicyclic) bond motifs is 1. The van der Waals surface area contributed by atoms with E-state index in [2.05, 4.69) is 5.32 Å². The maximum absolute atomic E-state index is 13.3. The highest BCUT2D eigenvalue weighted by atomic mass is 19.3. The van der Waals surface area contributed by atoms with Crippen molar-refractivity contribution in [1.29, 1.82) is 0 Å². The zero-order valence-electron chi connectivity index (χ0n) is 22.2. The van der Waals surface area contributed by atoms with Gasteiger partial charge in [-0.25, -0.2) is 8.78 Å². The highest BCUT2D eigenvalue weighted by Crippen LogP contribution is 2.36. The summed E-state index contributed by atoms with van der Waals surface area (Å²) < 4.78 is 37.2. The Morgan fingerprint density at radius 1 is 1.08 bits per heavy atom. The van der Waals surface area contributed by atoms with Crippen LogP contribution in [-0.4, -0.2) is 66.9 Å². The fraction of sp³-hybridized carbons (Fsp3) is 0.517. The van der Waals surface area contributed by atoms with Crippen LogP contribution in [-0.2, 0) is 11.3 Å². The number of nitrogens with one attached hydrogen (secondary N) is 1. The number of likely N-dealkylation sites (tertiary alicyclic amines) is 1. The van der Waals surface area contributed by atoms with Crippen LogP contribution in [0.3, 0.4) is 0 Å². The summed E-state index contributed by atoms with van der Waals surface area (Å²) in [4.78, 5) is 29.8. The van der Waals surface area contributed by atoms with Crippen LogP contribution in [0.1, 0.15) is 52.7 Å². The van der Waals surface area contributed by atoms with Crippen molar-refractivity contribution in [3.8, 4) is 11.5 Å². The number of hydrogen-bond acceptors (Lipinski definition) is 5. The van der Waals surface area contributed by atoms with Crippen LogP contribution in [0.5, 0.6) is 11.5 Å². The van der Waals surface area contributed by atoms with Crippen molar-refractivity contribution in [1.82, 2.24) is 9.80 Å². The standard InChI is InChI=1S/C29H35F2N3O4/c1-18-4-7-21(13-26(18)37-3)32-27(35)20-5-8-22(9-6-20)34-15-25-19(2)12-23(14-24(25)28(34)36)38-11-10-33-16-29(30,31)17-33/h4,7,12-14,20,22H,5-6,8-11,15-17H2,1-3H3,(H,32,35). The minimum absolute atomic E-state index is 0.00409. The molecule has 0 atom stereocenters. The first-order chi connectivity index (χ1) is 18.1. The molecule has 5 rings (SSSR count). The predicted octanol–water partition coefficient (Wildman–Crippen LogP) is 4.80. The molecule has 1 saturated heterocycles. The lowest BCUT2D eigenvalue weighted by atomic mass is 9.84. The third-order valence-corrected chi connectivity index (χ3v) is 8.04. The summed E-state index contributed by atoms with van der Waals surface area (Å²) in [6.07, 6.45) is 3.00. The predicted molar refractivity (Wildman–Crippen MR) is 140 cm³/mol. The van der Waals surface area contributed by atoms with Gasteiger partial charge in [-0.05, 0) is 74.4 Å². The average Bonchev–Trinajstić information content (AvgIpc) is 3.21. The summed E-state index contributed by atoms with van der Waals surface area (Å²) in [5.41, 5.74) is 4.39. The summed E-state index contributed by atoms with van der Waals surface area (Å²) in [5.74, 6) is -1.34. The van der Waals surface area contributed by atoms with Gasteiger partial charge in [-0.1, -0.05) is 6.07 Å². The molecule has 0 radical (unpaired) electrons. The number of ether oxygens (including phenoxy) is 2. The molecule has 2 aliphatic heterocycles. The molecule has 1 saturated carbocycles. The highest BCUT2D eigenvalue weighted by molar-refractivity contribution is 5.99. The van der Waals surface area contributed by atoms with Crippen molar-refractivity contribution < 1.29 is 27.8 Å². The van der Waals surface area contributed by atoms with Gasteiger partial charge in [0.25, 0.3) is 11.8 Å². The second kappa shape index (κ2) is 10.5. The van der Waals surface area contributed by atoms with Gasteiger partial charge in [0.15, 0.2) is 0 Å². The molecule has 204 valence electrons. The first-order valence-corrected chi connectivity index (χ1v) is 13.3. The molecule has 2 fully saturated rings. The zero-order valence-corrected chi connectivity index (χ0v) is 22.2. The first-order valence-electron chi connectivity index (χ1n) is 13.3. The van der Waals surface area contributed by atoms with Crippen molar-refractivity contribution in [2.24, 2.45) is 5.92 Å². The van der Waals surface area contributed by atoms with Crippen LogP contribution >= 0.6 is 0 Å². The van der Waals surface area contributed by atoms with Gasteiger partial charge in [-0.2, -0.15) is 0 Å². The van der Waals surface area contributed by atoms with E-state index in [0.29, 0.717) is 31.0 Å². The quantitative estimate of drug-likeness (QED) is 0.534. The summed E-state index contributed by atoms with van der Waals surface area (Å²) in [5, 5.41) is 3.02. The second-order valence-electron chi connectivity index (χ2n) is 10.8. The third-order valence-electron chi connectivity index (χ3n) is 8.04. The molecule has 1 aliphatic carbocycles. The van der Waals surface area contributed by atoms with Crippen molar-refractivity contribution in [2.45, 2.75) is 58.0 Å². The molecule has 9 heteroatoms. The highest BCUT2D eigenvalue weighted by Gasteiger charge is 2.43. The van der Waals surface area contributed by atoms with Crippen LogP contribution in [0, 0.1) is 19.8 Å². The Bertz CT molecular complexity index is 1220. The van der Waals surface area contributed by atoms with Gasteiger partial charge in [0, 0.05) is 42.4 Å². The van der Waals surface area contributed by atoms with Crippen molar-refractivity contribution in [3.05, 3.63) is 52.6 Å². The lowest BCUT2D eigenvalue weighted by Gasteiger charge is -2.38. The minimum atomic E-state index is -2.59. The lowest BCUT2D eigenvalue weighted by Crippen LogP contribution is -2.56. The molecule has 2 aromatic rings. The average molecular weight is 528 g/mol. The number of hydrogen-bond donors (Lipinski definition) is 1. The van der Waals surface area contributed by atoms with Crippen molar-refractivity contribution in [3.63, 3.8) is 0 Å². The number of rotatable bonds is 8. The summed E-state index contributed by atoms with van der Waals surface area (Å²) in [6, 6.07) is 9.43. The Hall–Kier alpha value is -3.20. The van der Waals surface area contributed by atoms with Gasteiger partial charge in [-0.3, -0.25) is 14.5 Å². The summed E-state index contributed by atoms with van der Waals surface area (Å²) in [6.45, 7) is 4.77. The molecule has 2 amide bonds. The van der Waals surface area contributed by atoms with Gasteiger partial charge in [0.2, 0.25) is 5.91 Å². The van der Waals surface area contributed by atoms with Crippen LogP contribution in [0.2, 0.25) is 0 Å². The molecule has 38 heavy (non-hydrogen) atoms. The van der Waals surface area contributed by atoms with E-state index in [1.807, 2.05) is 43.0 Å². The van der Waals surface area contributed by atoms with Gasteiger partial charge in [-0.15, -0.1) is 0 Å². The van der Waals surface area contributed by atoms with Crippen molar-refractivity contribution >= 4 is 17.5 Å². The van der Waals surface area contributed by atoms with E-state index < -0.39 is 5.92 Å². The molecule has 0 unspecified atom stereocenters. The maximum atomic E-state index is 13.3. The molecule has 0 spiro atoms. The molecule has 7 nitrogen and oxygen atoms in total. The van der Waals surface area contributed by atoms with E-state index in [1.54, 1.807) is 18.1 Å². The lowest BCUT2D eigenvalue weighted by molar-refractivity contribution is -0.132. The van der Waals surface area contributed by atoms with Crippen molar-refractivity contribution in [2.75, 3.05) is 38.7 Å². The number of nitrogens with zero attached hydrogens (tertiary/aromatic N) is 2. The number of aryl methyl sites for hydroxylation is 2. The van der Waals surface area contributed by atoms with Gasteiger partial charge >= 0.3 is 0 Å². The van der Waals surface area contributed by atoms with Crippen LogP contribution in [0.15, 0.2) is 30.3 Å². The maximum Gasteiger partial charge on any atom is 0.272 e. The number of anilines is 1. The van der Waals surface area contributed by atoms with E-state index in [-0.39, 0.29) is 36.9 Å². The Kier molecular flexibility index (Phi) is 7.31. The third kappa shape index (κ3) is 5.48. The Labute approximate surface area is 222 Å². The number of alkyl halides is 2. The van der Waals surface area contributed by atoms with Crippen LogP contribution < -0.4 is 14.8 Å². The van der Waals surface area contributed by atoms with Gasteiger partial charge in [0.05, 0.1) is 20.2 Å². The molecule has 0 aromatic heterocycles. The summed E-state index contributed by atoms with van der Waals surface area (Å²) >= 11 is 0. The first kappa shape index (κ1) is 26.4. The number of benzene rings is 2. The molecule has 2 heterocycles. The monoisotopic (exact) mass is 527 g/mol. The SMILES string of the molecule is COc1cc(NC(=O)C2CCC(N3Cc4c(C)cc(OCCN5CC(F)(F)C5)cc4C3=O)CC2)ccc1C. The summed E-state index contributed by atoms with van der Waals surface area (Å²) in [7, 11) is 1.61. The van der Waals surface area contributed by atoms with E-state index >= 15 is 0 Å². The topological polar surface area (TPSA) is 71.1 Å². The molecular formula is C29H35F2N3O4. The number of halogens is 2. The van der Waals surface area contributed by atoms with Crippen LogP contribution in [0.25, 0.3) is 0 Å². The molecule has 1 N–H and O–H groups in total. The van der Waals surface area contributed by atoms with E-state index in [0.717, 1.165) is 53.8 Å². The van der Waals surface area contributed by atoms with E-state index in [1.165, 1.54) is 0 Å². The van der Waals surface area contributed by atoms with Gasteiger partial charge < -0.3 is 19.7 Å². The van der Waals surface area contributed by atoms with E-state index in [9.17, 15) is 18.4 Å². The smallest absolute Gasteiger partial charge is 0.272 e. The number of carbonyl (C=O) groups is 2. The minimum Gasteiger partial charge on any atom is -0.496 e. The number of carbonyl (C=O) groups excluding carboxylic acids is 2.